The number of nitriles is 2. The van der Waals surface area contributed by atoms with Crippen molar-refractivity contribution >= 4 is 0 Å². The summed E-state index contributed by atoms with van der Waals surface area (Å²) in [4.78, 5) is 0. The standard InChI is InChI=1S/C108H68N2/c109-65-99-105(101-83-49-41-75(67-25-9-1-10-26-67)57-91(83)92-58-76(42-50-84(92)101)68-27-11-2-12-28-68)106(102-85-51-43-77(69-29-13-3-14-30-69)59-93(85)94-60-78(44-52-86(94)102)70-31-15-4-16-32-70)100(66-110)108(104-89-55-47-81(73-37-21-7-22-38-73)63-97(89)98-64-82(48-56-90(98)104)74-39-23-8-24-40-74)107(99)103-87-53-45-79(71-33-17-5-18-34-71)61-95(87)96-62-80(46-54-88(96)103)72-35-19-6-20-36-72/h1-64,101-104H. The van der Waals surface area contributed by atoms with E-state index in [2.05, 4.69) is 400 Å². The Bertz CT molecular complexity index is 5480. The SMILES string of the molecule is N#Cc1c(C2c3ccc(-c4ccccc4)cc3-c3cc(-c4ccccc4)ccc32)c(C2c3ccc(-c4ccccc4)cc3-c3cc(-c4ccccc4)ccc32)c(C#N)c(C2c3ccc(-c4ccccc4)cc3-c3cc(-c4ccccc4)ccc32)c1C1c2ccc(-c3ccccc3)cc2-c2cc(-c3ccccc3)ccc21. The van der Waals surface area contributed by atoms with Gasteiger partial charge in [-0.25, -0.2) is 0 Å². The van der Waals surface area contributed by atoms with Crippen molar-refractivity contribution in [2.75, 3.05) is 0 Å². The Morgan fingerprint density at radius 1 is 0.145 bits per heavy atom. The van der Waals surface area contributed by atoms with E-state index < -0.39 is 23.7 Å². The molecule has 0 heterocycles. The van der Waals surface area contributed by atoms with Crippen molar-refractivity contribution in [3.8, 4) is 146 Å². The Morgan fingerprint density at radius 3 is 0.391 bits per heavy atom. The van der Waals surface area contributed by atoms with E-state index in [1.54, 1.807) is 0 Å². The lowest BCUT2D eigenvalue weighted by Gasteiger charge is -2.34. The highest BCUT2D eigenvalue weighted by atomic mass is 14.5. The van der Waals surface area contributed by atoms with E-state index >= 15 is 0 Å². The molecule has 4 aliphatic rings. The van der Waals surface area contributed by atoms with Crippen LogP contribution in [0.1, 0.15) is 102 Å². The molecule has 0 fully saturated rings. The van der Waals surface area contributed by atoms with Crippen LogP contribution in [0.15, 0.2) is 388 Å². The van der Waals surface area contributed by atoms with Gasteiger partial charge in [0.25, 0.3) is 0 Å². The average molecular weight is 1390 g/mol. The number of hydrogen-bond donors (Lipinski definition) is 0. The van der Waals surface area contributed by atoms with Crippen molar-refractivity contribution in [3.05, 3.63) is 466 Å². The van der Waals surface area contributed by atoms with E-state index in [-0.39, 0.29) is 0 Å². The summed E-state index contributed by atoms with van der Waals surface area (Å²) in [6.07, 6.45) is 0. The van der Waals surface area contributed by atoms with Crippen LogP contribution in [0.25, 0.3) is 134 Å². The minimum Gasteiger partial charge on any atom is -0.192 e. The zero-order valence-corrected chi connectivity index (χ0v) is 60.2. The van der Waals surface area contributed by atoms with Crippen molar-refractivity contribution in [1.29, 1.82) is 10.5 Å². The summed E-state index contributed by atoms with van der Waals surface area (Å²) in [5, 5.41) is 27.6. The third-order valence-corrected chi connectivity index (χ3v) is 24.0. The van der Waals surface area contributed by atoms with Gasteiger partial charge < -0.3 is 0 Å². The lowest BCUT2D eigenvalue weighted by Crippen LogP contribution is -2.21. The summed E-state index contributed by atoms with van der Waals surface area (Å²) in [7, 11) is 0. The maximum atomic E-state index is 13.8. The highest BCUT2D eigenvalue weighted by Crippen LogP contribution is 2.63. The molecule has 4 aliphatic carbocycles. The molecule has 0 radical (unpaired) electrons. The summed E-state index contributed by atoms with van der Waals surface area (Å²) in [6.45, 7) is 0. The Labute approximate surface area is 641 Å². The lowest BCUT2D eigenvalue weighted by atomic mass is 9.67. The highest BCUT2D eigenvalue weighted by molar-refractivity contribution is 5.96. The van der Waals surface area contributed by atoms with Crippen LogP contribution in [0, 0.1) is 22.7 Å². The molecule has 21 rings (SSSR count). The first kappa shape index (κ1) is 64.1. The fraction of sp³-hybridized carbons (Fsp3) is 0.0370. The van der Waals surface area contributed by atoms with Crippen LogP contribution >= 0.6 is 0 Å². The first-order valence-corrected chi connectivity index (χ1v) is 38.1. The molecular weight excluding hydrogens is 1330 g/mol. The summed E-state index contributed by atoms with van der Waals surface area (Å²) >= 11 is 0. The third kappa shape index (κ3) is 10.4. The van der Waals surface area contributed by atoms with Gasteiger partial charge in [-0.15, -0.1) is 0 Å². The molecule has 0 spiro atoms. The summed E-state index contributed by atoms with van der Waals surface area (Å²) in [5.74, 6) is -2.15. The molecular formula is C108H68N2. The highest BCUT2D eigenvalue weighted by Gasteiger charge is 2.47. The quantitative estimate of drug-likeness (QED) is 0.122. The topological polar surface area (TPSA) is 47.6 Å². The maximum absolute atomic E-state index is 13.8. The van der Waals surface area contributed by atoms with Gasteiger partial charge in [0.2, 0.25) is 0 Å². The monoisotopic (exact) mass is 1390 g/mol. The second-order valence-electron chi connectivity index (χ2n) is 29.7. The van der Waals surface area contributed by atoms with E-state index in [4.69, 9.17) is 0 Å². The Kier molecular flexibility index (Phi) is 15.4. The molecule has 0 bridgehead atoms. The Balaban J connectivity index is 0.938. The van der Waals surface area contributed by atoms with Crippen LogP contribution in [-0.2, 0) is 0 Å². The lowest BCUT2D eigenvalue weighted by molar-refractivity contribution is 0.859. The largest absolute Gasteiger partial charge is 0.192 e. The molecule has 0 N–H and O–H groups in total. The molecule has 17 aromatic rings. The van der Waals surface area contributed by atoms with E-state index in [1.807, 2.05) is 0 Å². The first-order chi connectivity index (χ1) is 54.5. The van der Waals surface area contributed by atoms with Crippen LogP contribution in [0.4, 0.5) is 0 Å². The smallest absolute Gasteiger partial charge is 0.0998 e. The van der Waals surface area contributed by atoms with Gasteiger partial charge in [0.15, 0.2) is 0 Å². The summed E-state index contributed by atoms with van der Waals surface area (Å²) in [6, 6.07) is 148. The van der Waals surface area contributed by atoms with E-state index in [9.17, 15) is 10.5 Å². The van der Waals surface area contributed by atoms with Crippen molar-refractivity contribution in [1.82, 2.24) is 0 Å². The molecule has 0 amide bonds. The van der Waals surface area contributed by atoms with Gasteiger partial charge in [0.05, 0.1) is 23.3 Å². The number of fused-ring (bicyclic) bond motifs is 12. The molecule has 0 atom stereocenters. The van der Waals surface area contributed by atoms with Crippen LogP contribution in [-0.4, -0.2) is 0 Å². The van der Waals surface area contributed by atoms with Gasteiger partial charge in [0.1, 0.15) is 0 Å². The zero-order chi connectivity index (χ0) is 72.9. The summed E-state index contributed by atoms with van der Waals surface area (Å²) < 4.78 is 0. The van der Waals surface area contributed by atoms with Gasteiger partial charge in [-0.1, -0.05) is 340 Å². The van der Waals surface area contributed by atoms with E-state index in [0.29, 0.717) is 11.1 Å². The molecule has 110 heavy (non-hydrogen) atoms. The maximum Gasteiger partial charge on any atom is 0.0998 e. The molecule has 0 saturated carbocycles. The third-order valence-electron chi connectivity index (χ3n) is 24.0. The fourth-order valence-electron chi connectivity index (χ4n) is 19.0. The van der Waals surface area contributed by atoms with E-state index in [1.165, 1.54) is 0 Å². The molecule has 2 heteroatoms. The molecule has 510 valence electrons. The Morgan fingerprint density at radius 2 is 0.273 bits per heavy atom. The molecule has 0 aliphatic heterocycles. The Hall–Kier alpha value is -14.3. The normalized spacial score (nSPS) is 12.9. The van der Waals surface area contributed by atoms with Gasteiger partial charge in [-0.2, -0.15) is 10.5 Å². The minimum absolute atomic E-state index is 0.537. The average Bonchev–Trinajstić information content (AvgIpc) is 1.48. The van der Waals surface area contributed by atoms with Crippen molar-refractivity contribution in [2.45, 2.75) is 23.7 Å². The van der Waals surface area contributed by atoms with Gasteiger partial charge in [-0.05, 0) is 249 Å². The molecule has 0 unspecified atom stereocenters. The predicted molar refractivity (Wildman–Crippen MR) is 451 cm³/mol. The number of benzene rings is 17. The molecule has 2 nitrogen and oxygen atoms in total. The fourth-order valence-corrected chi connectivity index (χ4v) is 19.0. The van der Waals surface area contributed by atoms with Crippen LogP contribution in [0.2, 0.25) is 0 Å². The predicted octanol–water partition coefficient (Wildman–Crippen LogP) is 27.4. The summed E-state index contributed by atoms with van der Waals surface area (Å²) in [5.41, 5.74) is 40.0. The second-order valence-corrected chi connectivity index (χ2v) is 29.7. The minimum atomic E-state index is -0.537. The first-order valence-electron chi connectivity index (χ1n) is 38.1. The van der Waals surface area contributed by atoms with E-state index in [0.717, 1.165) is 200 Å². The number of nitrogens with zero attached hydrogens (tertiary/aromatic N) is 2. The molecule has 17 aromatic carbocycles. The van der Waals surface area contributed by atoms with Crippen molar-refractivity contribution in [3.63, 3.8) is 0 Å². The van der Waals surface area contributed by atoms with Crippen molar-refractivity contribution < 1.29 is 0 Å². The van der Waals surface area contributed by atoms with Crippen LogP contribution in [0.5, 0.6) is 0 Å². The van der Waals surface area contributed by atoms with Gasteiger partial charge in [-0.3, -0.25) is 0 Å². The zero-order valence-electron chi connectivity index (χ0n) is 60.2. The van der Waals surface area contributed by atoms with Gasteiger partial charge >= 0.3 is 0 Å². The van der Waals surface area contributed by atoms with Gasteiger partial charge in [0, 0.05) is 23.7 Å². The number of hydrogen-bond acceptors (Lipinski definition) is 2. The van der Waals surface area contributed by atoms with Crippen LogP contribution < -0.4 is 0 Å². The second kappa shape index (κ2) is 26.3. The van der Waals surface area contributed by atoms with Crippen molar-refractivity contribution in [2.24, 2.45) is 0 Å². The molecule has 0 saturated heterocycles. The van der Waals surface area contributed by atoms with Crippen LogP contribution in [0.3, 0.4) is 0 Å². The number of rotatable bonds is 12. The molecule has 0 aromatic heterocycles.